The van der Waals surface area contributed by atoms with E-state index in [4.69, 9.17) is 0 Å². The van der Waals surface area contributed by atoms with Gasteiger partial charge in [-0.3, -0.25) is 24.5 Å². The fourth-order valence-electron chi connectivity index (χ4n) is 1.77. The van der Waals surface area contributed by atoms with Gasteiger partial charge in [-0.2, -0.15) is 0 Å². The number of carbonyl (C=O) groups is 2. The second-order valence-electron chi connectivity index (χ2n) is 4.46. The highest BCUT2D eigenvalue weighted by Gasteiger charge is 2.46. The molecule has 0 saturated carbocycles. The van der Waals surface area contributed by atoms with Crippen LogP contribution in [-0.2, 0) is 4.79 Å². The lowest BCUT2D eigenvalue weighted by molar-refractivity contribution is -0.144. The second kappa shape index (κ2) is 4.05. The molecule has 2 unspecified atom stereocenters. The number of hydrogen-bond donors (Lipinski definition) is 4. The number of carbonyl (C=O) groups excluding carboxylic acids is 2. The Bertz CT molecular complexity index is 671. The molecule has 19 heavy (non-hydrogen) atoms. The molecule has 1 fully saturated rings. The second-order valence-corrected chi connectivity index (χ2v) is 4.46. The van der Waals surface area contributed by atoms with Gasteiger partial charge in [0.05, 0.1) is 0 Å². The van der Waals surface area contributed by atoms with Crippen LogP contribution in [0.25, 0.3) is 0 Å². The Kier molecular flexibility index (Phi) is 2.78. The number of H-pyrrole nitrogens is 1. The first-order chi connectivity index (χ1) is 8.73. The smallest absolute Gasteiger partial charge is 0.330 e. The number of imide groups is 1. The van der Waals surface area contributed by atoms with Crippen molar-refractivity contribution in [2.24, 2.45) is 0 Å². The van der Waals surface area contributed by atoms with Crippen LogP contribution in [0.5, 0.6) is 0 Å². The Balaban J connectivity index is 2.59. The third kappa shape index (κ3) is 2.03. The molecule has 3 amide bonds. The van der Waals surface area contributed by atoms with Crippen molar-refractivity contribution >= 4 is 11.9 Å². The quantitative estimate of drug-likeness (QED) is 0.464. The van der Waals surface area contributed by atoms with Crippen molar-refractivity contribution < 1.29 is 14.7 Å². The zero-order valence-electron chi connectivity index (χ0n) is 10.2. The third-order valence-electron chi connectivity index (χ3n) is 2.91. The van der Waals surface area contributed by atoms with E-state index in [1.54, 1.807) is 0 Å². The van der Waals surface area contributed by atoms with E-state index in [1.807, 2.05) is 10.3 Å². The topological polar surface area (TPSA) is 133 Å². The van der Waals surface area contributed by atoms with Crippen molar-refractivity contribution in [1.82, 2.24) is 20.2 Å². The van der Waals surface area contributed by atoms with Gasteiger partial charge in [-0.25, -0.2) is 9.59 Å². The Morgan fingerprint density at radius 3 is 2.58 bits per heavy atom. The Morgan fingerprint density at radius 2 is 1.95 bits per heavy atom. The van der Waals surface area contributed by atoms with Crippen LogP contribution in [0.3, 0.4) is 0 Å². The summed E-state index contributed by atoms with van der Waals surface area (Å²) >= 11 is 0. The number of hydrogen-bond acceptors (Lipinski definition) is 5. The maximum Gasteiger partial charge on any atom is 0.330 e. The highest BCUT2D eigenvalue weighted by molar-refractivity contribution is 6.01. The fraction of sp³-hybridized carbons (Fsp3) is 0.400. The molecule has 1 aliphatic heterocycles. The molecule has 2 rings (SSSR count). The molecule has 0 bridgehead atoms. The van der Waals surface area contributed by atoms with E-state index in [0.29, 0.717) is 0 Å². The van der Waals surface area contributed by atoms with Crippen LogP contribution in [0, 0.1) is 6.92 Å². The molecule has 4 N–H and O–H groups in total. The summed E-state index contributed by atoms with van der Waals surface area (Å²) in [6.07, 6.45) is -0.143. The Morgan fingerprint density at radius 1 is 1.32 bits per heavy atom. The summed E-state index contributed by atoms with van der Waals surface area (Å²) in [6, 6.07) is -0.836. The molecular weight excluding hydrogens is 256 g/mol. The molecule has 0 aliphatic carbocycles. The monoisotopic (exact) mass is 268 g/mol. The average Bonchev–Trinajstić information content (AvgIpc) is 2.29. The fourth-order valence-corrected chi connectivity index (χ4v) is 1.77. The lowest BCUT2D eigenvalue weighted by Crippen LogP contribution is -2.66. The highest BCUT2D eigenvalue weighted by Crippen LogP contribution is 2.21. The van der Waals surface area contributed by atoms with Crippen LogP contribution in [0.15, 0.2) is 15.8 Å². The number of rotatable bonds is 1. The van der Waals surface area contributed by atoms with Gasteiger partial charge in [0.15, 0.2) is 5.60 Å². The minimum absolute atomic E-state index is 0.204. The van der Waals surface area contributed by atoms with Crippen molar-refractivity contribution in [3.63, 3.8) is 0 Å². The molecule has 0 spiro atoms. The van der Waals surface area contributed by atoms with E-state index < -0.39 is 35.0 Å². The minimum atomic E-state index is -2.03. The van der Waals surface area contributed by atoms with Crippen LogP contribution in [0.2, 0.25) is 0 Å². The van der Waals surface area contributed by atoms with E-state index in [2.05, 4.69) is 5.32 Å². The third-order valence-corrected chi connectivity index (χ3v) is 2.91. The molecule has 0 aromatic carbocycles. The molecule has 1 aliphatic rings. The minimum Gasteiger partial charge on any atom is -0.377 e. The van der Waals surface area contributed by atoms with Gasteiger partial charge in [0.25, 0.3) is 11.5 Å². The summed E-state index contributed by atoms with van der Waals surface area (Å²) in [5.74, 6) is -0.933. The maximum absolute atomic E-state index is 11.7. The molecule has 1 aromatic heterocycles. The lowest BCUT2D eigenvalue weighted by Gasteiger charge is -2.36. The maximum atomic E-state index is 11.7. The number of urea groups is 1. The first kappa shape index (κ1) is 13.0. The molecule has 2 atom stereocenters. The predicted molar refractivity (Wildman–Crippen MR) is 62.4 cm³/mol. The molecule has 0 radical (unpaired) electrons. The first-order valence-electron chi connectivity index (χ1n) is 5.40. The summed E-state index contributed by atoms with van der Waals surface area (Å²) in [5, 5.41) is 14.2. The van der Waals surface area contributed by atoms with Crippen LogP contribution in [0.4, 0.5) is 4.79 Å². The molecule has 2 heterocycles. The molecule has 1 aromatic rings. The summed E-state index contributed by atoms with van der Waals surface area (Å²) in [4.78, 5) is 47.8. The van der Waals surface area contributed by atoms with Gasteiger partial charge in [-0.05, 0) is 13.8 Å². The zero-order valence-corrected chi connectivity index (χ0v) is 10.2. The predicted octanol–water partition coefficient (Wildman–Crippen LogP) is -2.07. The highest BCUT2D eigenvalue weighted by atomic mass is 16.3. The Labute approximate surface area is 106 Å². The summed E-state index contributed by atoms with van der Waals surface area (Å²) < 4.78 is 0.896. The van der Waals surface area contributed by atoms with Crippen molar-refractivity contribution in [2.75, 3.05) is 0 Å². The van der Waals surface area contributed by atoms with Crippen molar-refractivity contribution in [2.45, 2.75) is 25.6 Å². The lowest BCUT2D eigenvalue weighted by atomic mass is 9.99. The van der Waals surface area contributed by atoms with E-state index in [1.165, 1.54) is 13.1 Å². The van der Waals surface area contributed by atoms with Crippen molar-refractivity contribution in [1.29, 1.82) is 0 Å². The standard InChI is InChI=1S/C10H12N4O5/c1-4-3-14(9(18)11-5(4)15)6-10(2,19)7(16)13-8(17)12-6/h3,6,19H,1-2H3,(H,11,15,18)(H2,12,13,16,17). The summed E-state index contributed by atoms with van der Waals surface area (Å²) in [5.41, 5.74) is -3.23. The number of aliphatic hydroxyl groups is 1. The number of aromatic nitrogens is 2. The number of nitrogens with zero attached hydrogens (tertiary/aromatic N) is 1. The number of amides is 3. The summed E-state index contributed by atoms with van der Waals surface area (Å²) in [7, 11) is 0. The summed E-state index contributed by atoms with van der Waals surface area (Å²) in [6.45, 7) is 2.60. The van der Waals surface area contributed by atoms with Gasteiger partial charge in [0.1, 0.15) is 6.17 Å². The Hall–Kier alpha value is -2.42. The van der Waals surface area contributed by atoms with Gasteiger partial charge in [-0.15, -0.1) is 0 Å². The SMILES string of the molecule is Cc1cn(C2NC(=O)NC(=O)C2(C)O)c(=O)[nH]c1=O. The number of aromatic amines is 1. The molecule has 9 heteroatoms. The largest absolute Gasteiger partial charge is 0.377 e. The average molecular weight is 268 g/mol. The molecule has 9 nitrogen and oxygen atoms in total. The molecule has 102 valence electrons. The van der Waals surface area contributed by atoms with Crippen LogP contribution in [-0.4, -0.2) is 32.2 Å². The van der Waals surface area contributed by atoms with E-state index in [9.17, 15) is 24.3 Å². The van der Waals surface area contributed by atoms with Gasteiger partial charge in [0.2, 0.25) is 0 Å². The van der Waals surface area contributed by atoms with Crippen LogP contribution < -0.4 is 21.9 Å². The normalized spacial score (nSPS) is 26.8. The zero-order chi connectivity index (χ0) is 14.4. The van der Waals surface area contributed by atoms with Crippen molar-refractivity contribution in [3.8, 4) is 0 Å². The molecular formula is C10H12N4O5. The molecule has 1 saturated heterocycles. The van der Waals surface area contributed by atoms with Gasteiger partial charge >= 0.3 is 11.7 Å². The van der Waals surface area contributed by atoms with E-state index >= 15 is 0 Å². The number of aryl methyl sites for hydroxylation is 1. The van der Waals surface area contributed by atoms with E-state index in [0.717, 1.165) is 11.5 Å². The number of nitrogens with one attached hydrogen (secondary N) is 3. The van der Waals surface area contributed by atoms with Gasteiger partial charge in [0, 0.05) is 11.8 Å². The first-order valence-corrected chi connectivity index (χ1v) is 5.40. The van der Waals surface area contributed by atoms with Gasteiger partial charge in [-0.1, -0.05) is 0 Å². The van der Waals surface area contributed by atoms with E-state index in [-0.39, 0.29) is 5.56 Å². The van der Waals surface area contributed by atoms with Crippen molar-refractivity contribution in [3.05, 3.63) is 32.6 Å². The van der Waals surface area contributed by atoms with Gasteiger partial charge < -0.3 is 10.4 Å². The van der Waals surface area contributed by atoms with Crippen LogP contribution in [0.1, 0.15) is 18.7 Å². The van der Waals surface area contributed by atoms with Crippen LogP contribution >= 0.6 is 0 Å².